The van der Waals surface area contributed by atoms with Gasteiger partial charge in [0.25, 0.3) is 0 Å². The Balaban J connectivity index is 1.41. The standard InChI is InChI=1S/C23H20BrN5O3S/c1-30-14-6-4-13(5-7-14)20(12-2-3-12)29-10-26-21(25)19-22(29)28-23(27-19)33-18-9-17-16(8-15(18)24)31-11-32-17/h4-10,12,20,25H,2-3,11H2,1H3,(H,27,28). The molecular formula is C23H20BrN5O3S. The van der Waals surface area contributed by atoms with E-state index in [4.69, 9.17) is 24.6 Å². The number of rotatable bonds is 6. The van der Waals surface area contributed by atoms with Gasteiger partial charge in [0.05, 0.1) is 19.5 Å². The molecule has 3 heterocycles. The van der Waals surface area contributed by atoms with Gasteiger partial charge in [-0.1, -0.05) is 23.9 Å². The molecule has 1 atom stereocenters. The second-order valence-corrected chi connectivity index (χ2v) is 9.92. The van der Waals surface area contributed by atoms with Gasteiger partial charge in [-0.3, -0.25) is 5.41 Å². The van der Waals surface area contributed by atoms with E-state index in [-0.39, 0.29) is 18.3 Å². The first-order chi connectivity index (χ1) is 16.1. The predicted molar refractivity (Wildman–Crippen MR) is 126 cm³/mol. The van der Waals surface area contributed by atoms with Crippen LogP contribution in [0.5, 0.6) is 17.2 Å². The lowest BCUT2D eigenvalue weighted by Gasteiger charge is -2.21. The third-order valence-corrected chi connectivity index (χ3v) is 7.78. The van der Waals surface area contributed by atoms with Crippen LogP contribution in [0.1, 0.15) is 24.4 Å². The molecule has 1 aliphatic carbocycles. The molecule has 8 nitrogen and oxygen atoms in total. The summed E-state index contributed by atoms with van der Waals surface area (Å²) in [6.07, 6.45) is 4.05. The van der Waals surface area contributed by atoms with Crippen molar-refractivity contribution in [3.05, 3.63) is 58.2 Å². The van der Waals surface area contributed by atoms with Crippen molar-refractivity contribution in [2.75, 3.05) is 13.9 Å². The highest BCUT2D eigenvalue weighted by molar-refractivity contribution is 9.10. The summed E-state index contributed by atoms with van der Waals surface area (Å²) in [6.45, 7) is 0.225. The third-order valence-electron chi connectivity index (χ3n) is 5.91. The zero-order valence-electron chi connectivity index (χ0n) is 17.7. The Morgan fingerprint density at radius 3 is 2.70 bits per heavy atom. The zero-order chi connectivity index (χ0) is 22.5. The molecule has 1 unspecified atom stereocenters. The maximum absolute atomic E-state index is 8.35. The summed E-state index contributed by atoms with van der Waals surface area (Å²) in [7, 11) is 1.67. The molecule has 33 heavy (non-hydrogen) atoms. The molecule has 2 aromatic heterocycles. The Labute approximate surface area is 201 Å². The largest absolute Gasteiger partial charge is 0.497 e. The lowest BCUT2D eigenvalue weighted by molar-refractivity contribution is 0.174. The van der Waals surface area contributed by atoms with Crippen LogP contribution in [0.2, 0.25) is 0 Å². The Hall–Kier alpha value is -2.98. The number of ether oxygens (including phenoxy) is 3. The van der Waals surface area contributed by atoms with Crippen LogP contribution in [0.15, 0.2) is 57.3 Å². The summed E-state index contributed by atoms with van der Waals surface area (Å²) in [5.74, 6) is 2.78. The smallest absolute Gasteiger partial charge is 0.231 e. The fourth-order valence-corrected chi connectivity index (χ4v) is 5.52. The van der Waals surface area contributed by atoms with Gasteiger partial charge >= 0.3 is 0 Å². The van der Waals surface area contributed by atoms with Crippen molar-refractivity contribution < 1.29 is 14.2 Å². The molecule has 0 spiro atoms. The normalized spacial score (nSPS) is 15.7. The molecule has 6 rings (SSSR count). The Kier molecular flexibility index (Phi) is 5.06. The molecule has 0 saturated heterocycles. The fraction of sp³-hybridized carbons (Fsp3) is 0.261. The molecule has 10 heteroatoms. The van der Waals surface area contributed by atoms with Crippen LogP contribution in [-0.2, 0) is 0 Å². The van der Waals surface area contributed by atoms with Gasteiger partial charge in [0.15, 0.2) is 27.8 Å². The van der Waals surface area contributed by atoms with Gasteiger partial charge in [0.2, 0.25) is 6.79 Å². The van der Waals surface area contributed by atoms with Gasteiger partial charge in [0.1, 0.15) is 11.3 Å². The number of halogens is 1. The zero-order valence-corrected chi connectivity index (χ0v) is 20.1. The van der Waals surface area contributed by atoms with Crippen molar-refractivity contribution >= 4 is 38.9 Å². The topological polar surface area (TPSA) is 98.0 Å². The van der Waals surface area contributed by atoms with Crippen LogP contribution in [-0.4, -0.2) is 33.4 Å². The molecule has 0 bridgehead atoms. The summed E-state index contributed by atoms with van der Waals surface area (Å²) in [5.41, 5.74) is 2.70. The Morgan fingerprint density at radius 2 is 1.97 bits per heavy atom. The Morgan fingerprint density at radius 1 is 1.21 bits per heavy atom. The van der Waals surface area contributed by atoms with Gasteiger partial charge in [-0.05, 0) is 64.5 Å². The second kappa shape index (κ2) is 8.11. The molecule has 168 valence electrons. The van der Waals surface area contributed by atoms with Gasteiger partial charge in [-0.25, -0.2) is 9.97 Å². The number of aromatic amines is 1. The SMILES string of the molecule is COc1ccc(C(C2CC2)n2cnc(=N)c3[nH]c(Sc4cc5c(cc4Br)OCO5)nc32)cc1. The lowest BCUT2D eigenvalue weighted by atomic mass is 10.0. The van der Waals surface area contributed by atoms with Crippen LogP contribution >= 0.6 is 27.7 Å². The molecule has 2 aromatic carbocycles. The number of hydrogen-bond donors (Lipinski definition) is 2. The summed E-state index contributed by atoms with van der Waals surface area (Å²) in [5, 5.41) is 9.03. The number of methoxy groups -OCH3 is 1. The number of benzene rings is 2. The van der Waals surface area contributed by atoms with Crippen LogP contribution in [0, 0.1) is 11.3 Å². The summed E-state index contributed by atoms with van der Waals surface area (Å²) >= 11 is 5.08. The summed E-state index contributed by atoms with van der Waals surface area (Å²) in [4.78, 5) is 13.5. The highest BCUT2D eigenvalue weighted by Gasteiger charge is 2.34. The highest BCUT2D eigenvalue weighted by Crippen LogP contribution is 2.45. The second-order valence-electron chi connectivity index (χ2n) is 8.03. The fourth-order valence-electron chi connectivity index (χ4n) is 4.14. The van der Waals surface area contributed by atoms with Crippen molar-refractivity contribution in [3.63, 3.8) is 0 Å². The van der Waals surface area contributed by atoms with Gasteiger partial charge in [0, 0.05) is 9.37 Å². The van der Waals surface area contributed by atoms with Crippen LogP contribution in [0.3, 0.4) is 0 Å². The van der Waals surface area contributed by atoms with Gasteiger partial charge in [-0.15, -0.1) is 0 Å². The van der Waals surface area contributed by atoms with E-state index in [1.54, 1.807) is 13.4 Å². The monoisotopic (exact) mass is 525 g/mol. The average molecular weight is 526 g/mol. The summed E-state index contributed by atoms with van der Waals surface area (Å²) < 4.78 is 19.3. The van der Waals surface area contributed by atoms with Crippen LogP contribution in [0.25, 0.3) is 11.2 Å². The molecule has 0 amide bonds. The minimum Gasteiger partial charge on any atom is -0.497 e. The van der Waals surface area contributed by atoms with E-state index in [9.17, 15) is 0 Å². The first kappa shape index (κ1) is 20.6. The number of aromatic nitrogens is 4. The van der Waals surface area contributed by atoms with E-state index < -0.39 is 0 Å². The van der Waals surface area contributed by atoms with E-state index in [1.165, 1.54) is 17.3 Å². The van der Waals surface area contributed by atoms with Crippen molar-refractivity contribution in [1.29, 1.82) is 5.41 Å². The number of imidazole rings is 1. The molecule has 2 N–H and O–H groups in total. The van der Waals surface area contributed by atoms with Gasteiger partial charge < -0.3 is 23.8 Å². The molecule has 1 saturated carbocycles. The maximum atomic E-state index is 8.35. The van der Waals surface area contributed by atoms with E-state index in [0.717, 1.165) is 39.4 Å². The van der Waals surface area contributed by atoms with Crippen LogP contribution in [0.4, 0.5) is 0 Å². The minimum absolute atomic E-state index is 0.102. The van der Waals surface area contributed by atoms with Crippen molar-refractivity contribution in [2.24, 2.45) is 5.92 Å². The average Bonchev–Trinajstić information content (AvgIpc) is 3.39. The van der Waals surface area contributed by atoms with Crippen molar-refractivity contribution in [2.45, 2.75) is 28.9 Å². The highest BCUT2D eigenvalue weighted by atomic mass is 79.9. The van der Waals surface area contributed by atoms with E-state index in [0.29, 0.717) is 22.3 Å². The van der Waals surface area contributed by atoms with Crippen LogP contribution < -0.4 is 19.7 Å². The molecule has 4 aromatic rings. The molecule has 2 aliphatic rings. The van der Waals surface area contributed by atoms with E-state index in [1.807, 2.05) is 24.3 Å². The third kappa shape index (κ3) is 3.76. The molecule has 1 fully saturated rings. The molecule has 1 aliphatic heterocycles. The van der Waals surface area contributed by atoms with Crippen molar-refractivity contribution in [3.8, 4) is 17.2 Å². The number of fused-ring (bicyclic) bond motifs is 2. The van der Waals surface area contributed by atoms with Crippen molar-refractivity contribution in [1.82, 2.24) is 19.5 Å². The predicted octanol–water partition coefficient (Wildman–Crippen LogP) is 4.89. The number of hydrogen-bond acceptors (Lipinski definition) is 7. The summed E-state index contributed by atoms with van der Waals surface area (Å²) in [6, 6.07) is 12.1. The minimum atomic E-state index is 0.102. The first-order valence-electron chi connectivity index (χ1n) is 10.5. The Bertz CT molecular complexity index is 1410. The van der Waals surface area contributed by atoms with Gasteiger partial charge in [-0.2, -0.15) is 0 Å². The lowest BCUT2D eigenvalue weighted by Crippen LogP contribution is -2.19. The number of nitrogens with one attached hydrogen (secondary N) is 2. The maximum Gasteiger partial charge on any atom is 0.231 e. The molecular weight excluding hydrogens is 506 g/mol. The van der Waals surface area contributed by atoms with E-state index >= 15 is 0 Å². The number of H-pyrrole nitrogens is 1. The number of nitrogens with zero attached hydrogens (tertiary/aromatic N) is 3. The van der Waals surface area contributed by atoms with E-state index in [2.05, 4.69) is 42.6 Å². The first-order valence-corrected chi connectivity index (χ1v) is 12.1. The quantitative estimate of drug-likeness (QED) is 0.372. The molecule has 0 radical (unpaired) electrons.